The third-order valence-electron chi connectivity index (χ3n) is 3.39. The summed E-state index contributed by atoms with van der Waals surface area (Å²) in [6.45, 7) is 2.70. The van der Waals surface area contributed by atoms with E-state index in [0.29, 0.717) is 18.2 Å². The molecule has 2 rings (SSSR count). The Morgan fingerprint density at radius 1 is 1.59 bits per heavy atom. The van der Waals surface area contributed by atoms with Gasteiger partial charge in [-0.2, -0.15) is 0 Å². The van der Waals surface area contributed by atoms with Crippen LogP contribution in [0.2, 0.25) is 0 Å². The minimum atomic E-state index is -0.894. The molecule has 0 radical (unpaired) electrons. The number of amides is 1. The highest BCUT2D eigenvalue weighted by Crippen LogP contribution is 2.39. The predicted molar refractivity (Wildman–Crippen MR) is 66.0 cm³/mol. The van der Waals surface area contributed by atoms with E-state index in [1.54, 1.807) is 7.11 Å². The Morgan fingerprint density at radius 3 is 2.94 bits per heavy atom. The van der Waals surface area contributed by atoms with Crippen LogP contribution in [-0.4, -0.2) is 24.9 Å². The molecule has 0 saturated carbocycles. The van der Waals surface area contributed by atoms with Crippen LogP contribution in [0.4, 0.5) is 10.5 Å². The fourth-order valence-electron chi connectivity index (χ4n) is 2.41. The number of ether oxygens (including phenoxy) is 1. The van der Waals surface area contributed by atoms with Gasteiger partial charge in [-0.05, 0) is 30.4 Å². The van der Waals surface area contributed by atoms with Gasteiger partial charge in [0.1, 0.15) is 5.75 Å². The number of hydrogen-bond donors (Lipinski definition) is 1. The van der Waals surface area contributed by atoms with E-state index >= 15 is 0 Å². The molecule has 4 nitrogen and oxygen atoms in total. The number of benzene rings is 1. The van der Waals surface area contributed by atoms with Crippen molar-refractivity contribution in [3.8, 4) is 5.75 Å². The third-order valence-corrected chi connectivity index (χ3v) is 3.39. The van der Waals surface area contributed by atoms with Crippen molar-refractivity contribution in [3.63, 3.8) is 0 Å². The van der Waals surface area contributed by atoms with Crippen molar-refractivity contribution in [3.05, 3.63) is 23.8 Å². The number of methoxy groups -OCH3 is 1. The monoisotopic (exact) mass is 235 g/mol. The van der Waals surface area contributed by atoms with Gasteiger partial charge < -0.3 is 9.84 Å². The lowest BCUT2D eigenvalue weighted by molar-refractivity contribution is 0.201. The number of nitrogens with zero attached hydrogens (tertiary/aromatic N) is 1. The van der Waals surface area contributed by atoms with E-state index in [1.807, 2.05) is 18.2 Å². The van der Waals surface area contributed by atoms with Crippen molar-refractivity contribution < 1.29 is 14.6 Å². The van der Waals surface area contributed by atoms with E-state index in [9.17, 15) is 9.90 Å². The van der Waals surface area contributed by atoms with Gasteiger partial charge in [-0.15, -0.1) is 0 Å². The molecule has 1 amide bonds. The molecular weight excluding hydrogens is 218 g/mol. The number of hydrogen-bond acceptors (Lipinski definition) is 2. The van der Waals surface area contributed by atoms with Crippen molar-refractivity contribution in [1.29, 1.82) is 0 Å². The molecule has 1 aromatic carbocycles. The van der Waals surface area contributed by atoms with Gasteiger partial charge in [0.25, 0.3) is 0 Å². The van der Waals surface area contributed by atoms with E-state index < -0.39 is 6.09 Å². The topological polar surface area (TPSA) is 49.8 Å². The molecule has 92 valence electrons. The zero-order chi connectivity index (χ0) is 12.4. The van der Waals surface area contributed by atoms with Crippen molar-refractivity contribution in [2.75, 3.05) is 18.6 Å². The Labute approximate surface area is 101 Å². The molecule has 1 aliphatic heterocycles. The molecular formula is C13H17NO3. The lowest BCUT2D eigenvalue weighted by Crippen LogP contribution is -2.35. The second-order valence-corrected chi connectivity index (χ2v) is 4.25. The number of rotatable bonds is 2. The molecule has 0 spiro atoms. The Hall–Kier alpha value is -1.71. The van der Waals surface area contributed by atoms with Gasteiger partial charge in [-0.1, -0.05) is 13.0 Å². The number of fused-ring (bicyclic) bond motifs is 1. The number of anilines is 1. The summed E-state index contributed by atoms with van der Waals surface area (Å²) in [5.41, 5.74) is 1.89. The number of carboxylic acid groups (broad SMARTS) is 1. The van der Waals surface area contributed by atoms with Crippen molar-refractivity contribution in [1.82, 2.24) is 0 Å². The van der Waals surface area contributed by atoms with Crippen LogP contribution in [0.1, 0.15) is 31.2 Å². The summed E-state index contributed by atoms with van der Waals surface area (Å²) in [5.74, 6) is 1.15. The maximum atomic E-state index is 11.2. The fourth-order valence-corrected chi connectivity index (χ4v) is 2.41. The van der Waals surface area contributed by atoms with Crippen LogP contribution in [0.5, 0.6) is 5.75 Å². The minimum absolute atomic E-state index is 0.450. The average molecular weight is 235 g/mol. The summed E-state index contributed by atoms with van der Waals surface area (Å²) in [4.78, 5) is 12.6. The Bertz CT molecular complexity index is 431. The Balaban J connectivity index is 2.47. The van der Waals surface area contributed by atoms with Crippen LogP contribution in [0.15, 0.2) is 18.2 Å². The van der Waals surface area contributed by atoms with Gasteiger partial charge in [0.2, 0.25) is 0 Å². The smallest absolute Gasteiger partial charge is 0.411 e. The first-order valence-corrected chi connectivity index (χ1v) is 5.85. The standard InChI is InChI=1S/C13H17NO3/c1-3-9-6-7-14(13(15)16)12-8-10(17-2)4-5-11(9)12/h4-5,8-9H,3,6-7H2,1-2H3,(H,15,16). The maximum absolute atomic E-state index is 11.2. The second-order valence-electron chi connectivity index (χ2n) is 4.25. The SMILES string of the molecule is CCC1CCN(C(=O)O)c2cc(OC)ccc21. The molecule has 1 unspecified atom stereocenters. The van der Waals surface area contributed by atoms with Crippen molar-refractivity contribution in [2.45, 2.75) is 25.7 Å². The first-order valence-electron chi connectivity index (χ1n) is 5.85. The highest BCUT2D eigenvalue weighted by molar-refractivity contribution is 5.88. The van der Waals surface area contributed by atoms with Crippen LogP contribution in [-0.2, 0) is 0 Å². The molecule has 1 N–H and O–H groups in total. The molecule has 4 heteroatoms. The normalized spacial score (nSPS) is 18.7. The van der Waals surface area contributed by atoms with Crippen LogP contribution in [0.25, 0.3) is 0 Å². The summed E-state index contributed by atoms with van der Waals surface area (Å²) < 4.78 is 5.16. The average Bonchev–Trinajstić information content (AvgIpc) is 2.36. The van der Waals surface area contributed by atoms with Gasteiger partial charge in [-0.25, -0.2) is 4.79 Å². The van der Waals surface area contributed by atoms with Gasteiger partial charge in [-0.3, -0.25) is 4.90 Å². The summed E-state index contributed by atoms with van der Waals surface area (Å²) >= 11 is 0. The quantitative estimate of drug-likeness (QED) is 0.857. The summed E-state index contributed by atoms with van der Waals surface area (Å²) in [5, 5.41) is 9.19. The lowest BCUT2D eigenvalue weighted by atomic mass is 9.88. The van der Waals surface area contributed by atoms with Gasteiger partial charge >= 0.3 is 6.09 Å². The summed E-state index contributed by atoms with van der Waals surface area (Å²) in [6.07, 6.45) is 1.03. The first-order chi connectivity index (χ1) is 8.17. The van der Waals surface area contributed by atoms with E-state index in [1.165, 1.54) is 4.90 Å². The second kappa shape index (κ2) is 4.65. The molecule has 1 heterocycles. The lowest BCUT2D eigenvalue weighted by Gasteiger charge is -2.32. The molecule has 17 heavy (non-hydrogen) atoms. The van der Waals surface area contributed by atoms with Crippen LogP contribution >= 0.6 is 0 Å². The van der Waals surface area contributed by atoms with Crippen LogP contribution in [0.3, 0.4) is 0 Å². The Morgan fingerprint density at radius 2 is 2.35 bits per heavy atom. The van der Waals surface area contributed by atoms with Gasteiger partial charge in [0.05, 0.1) is 12.8 Å². The maximum Gasteiger partial charge on any atom is 0.411 e. The minimum Gasteiger partial charge on any atom is -0.497 e. The van der Waals surface area contributed by atoms with Crippen LogP contribution < -0.4 is 9.64 Å². The molecule has 0 aliphatic carbocycles. The molecule has 1 aromatic rings. The Kier molecular flexibility index (Phi) is 3.22. The third kappa shape index (κ3) is 2.07. The first kappa shape index (κ1) is 11.8. The molecule has 0 bridgehead atoms. The molecule has 0 saturated heterocycles. The predicted octanol–water partition coefficient (Wildman–Crippen LogP) is 3.08. The molecule has 0 fully saturated rings. The number of carbonyl (C=O) groups is 1. The van der Waals surface area contributed by atoms with Crippen LogP contribution in [0, 0.1) is 0 Å². The van der Waals surface area contributed by atoms with E-state index in [4.69, 9.17) is 4.74 Å². The largest absolute Gasteiger partial charge is 0.497 e. The summed E-state index contributed by atoms with van der Waals surface area (Å²) in [6, 6.07) is 5.69. The van der Waals surface area contributed by atoms with E-state index in [-0.39, 0.29) is 0 Å². The fraction of sp³-hybridized carbons (Fsp3) is 0.462. The van der Waals surface area contributed by atoms with E-state index in [0.717, 1.165) is 24.1 Å². The zero-order valence-electron chi connectivity index (χ0n) is 10.1. The van der Waals surface area contributed by atoms with Gasteiger partial charge in [0, 0.05) is 12.6 Å². The van der Waals surface area contributed by atoms with Gasteiger partial charge in [0.15, 0.2) is 0 Å². The zero-order valence-corrected chi connectivity index (χ0v) is 10.1. The highest BCUT2D eigenvalue weighted by atomic mass is 16.5. The molecule has 1 atom stereocenters. The molecule has 0 aromatic heterocycles. The molecule has 1 aliphatic rings. The highest BCUT2D eigenvalue weighted by Gasteiger charge is 2.27. The van der Waals surface area contributed by atoms with Crippen molar-refractivity contribution >= 4 is 11.8 Å². The van der Waals surface area contributed by atoms with E-state index in [2.05, 4.69) is 6.92 Å². The van der Waals surface area contributed by atoms with Crippen molar-refractivity contribution in [2.24, 2.45) is 0 Å². The summed E-state index contributed by atoms with van der Waals surface area (Å²) in [7, 11) is 1.59.